The second kappa shape index (κ2) is 4.53. The van der Waals surface area contributed by atoms with E-state index in [1.807, 2.05) is 0 Å². The van der Waals surface area contributed by atoms with E-state index < -0.39 is 15.6 Å². The van der Waals surface area contributed by atoms with Gasteiger partial charge in [-0.1, -0.05) is 36.4 Å². The molecule has 0 bridgehead atoms. The first-order chi connectivity index (χ1) is 8.72. The van der Waals surface area contributed by atoms with E-state index in [0.29, 0.717) is 5.39 Å². The normalized spacial score (nSPS) is 12.6. The summed E-state index contributed by atoms with van der Waals surface area (Å²) in [6.45, 7) is 0. The van der Waals surface area contributed by atoms with Gasteiger partial charge in [0.2, 0.25) is 0 Å². The van der Waals surface area contributed by atoms with Gasteiger partial charge in [-0.15, -0.1) is 0 Å². The molecule has 0 saturated heterocycles. The lowest BCUT2D eigenvalue weighted by atomic mass is 10.1. The first-order valence-corrected chi connectivity index (χ1v) is 6.87. The molecule has 99 valence electrons. The predicted octanol–water partition coefficient (Wildman–Crippen LogP) is 1.86. The maximum absolute atomic E-state index is 12.3. The van der Waals surface area contributed by atoms with Crippen LogP contribution in [0, 0.1) is 0 Å². The van der Waals surface area contributed by atoms with Gasteiger partial charge in [0.05, 0.1) is 10.2 Å². The molecule has 0 fully saturated rings. The standard InChI is InChI=1S/C11H6F3O3SSi/c12-11(13,14)18(15,16)17-10-8-4-2-1-3-7(8)5-6-9(10)19/h1-6H. The van der Waals surface area contributed by atoms with Gasteiger partial charge in [0.1, 0.15) is 5.75 Å². The molecule has 3 nitrogen and oxygen atoms in total. The van der Waals surface area contributed by atoms with Crippen molar-refractivity contribution in [3.05, 3.63) is 36.4 Å². The Kier molecular flexibility index (Phi) is 3.31. The molecular weight excluding hydrogens is 297 g/mol. The SMILES string of the molecule is O=S(=O)(Oc1c([Si])ccc2ccccc12)C(F)(F)F. The van der Waals surface area contributed by atoms with Crippen LogP contribution in [0.1, 0.15) is 0 Å². The van der Waals surface area contributed by atoms with E-state index in [2.05, 4.69) is 14.4 Å². The molecule has 0 N–H and O–H groups in total. The highest BCUT2D eigenvalue weighted by Crippen LogP contribution is 2.30. The fourth-order valence-electron chi connectivity index (χ4n) is 1.49. The number of benzene rings is 2. The molecular formula is C11H6F3O3SSi. The van der Waals surface area contributed by atoms with E-state index >= 15 is 0 Å². The molecule has 8 heteroatoms. The molecule has 0 spiro atoms. The Bertz CT molecular complexity index is 726. The highest BCUT2D eigenvalue weighted by molar-refractivity contribution is 7.88. The van der Waals surface area contributed by atoms with Crippen molar-refractivity contribution in [2.45, 2.75) is 5.51 Å². The van der Waals surface area contributed by atoms with Crippen LogP contribution in [0.25, 0.3) is 10.8 Å². The van der Waals surface area contributed by atoms with Gasteiger partial charge in [0, 0.05) is 5.39 Å². The third-order valence-electron chi connectivity index (χ3n) is 2.36. The molecule has 0 heterocycles. The van der Waals surface area contributed by atoms with Gasteiger partial charge in [-0.2, -0.15) is 21.6 Å². The van der Waals surface area contributed by atoms with E-state index in [0.717, 1.165) is 0 Å². The fraction of sp³-hybridized carbons (Fsp3) is 0.0909. The van der Waals surface area contributed by atoms with Gasteiger partial charge in [-0.3, -0.25) is 0 Å². The van der Waals surface area contributed by atoms with Crippen LogP contribution < -0.4 is 9.37 Å². The van der Waals surface area contributed by atoms with Crippen molar-refractivity contribution in [2.24, 2.45) is 0 Å². The Morgan fingerprint density at radius 3 is 2.32 bits per heavy atom. The van der Waals surface area contributed by atoms with Crippen molar-refractivity contribution in [1.82, 2.24) is 0 Å². The summed E-state index contributed by atoms with van der Waals surface area (Å²) < 4.78 is 63.3. The fourth-order valence-corrected chi connectivity index (χ4v) is 2.33. The first-order valence-electron chi connectivity index (χ1n) is 4.96. The lowest BCUT2D eigenvalue weighted by Crippen LogP contribution is -2.29. The minimum atomic E-state index is -5.70. The molecule has 2 rings (SSSR count). The summed E-state index contributed by atoms with van der Waals surface area (Å²) in [6.07, 6.45) is 0. The van der Waals surface area contributed by atoms with E-state index in [-0.39, 0.29) is 16.3 Å². The van der Waals surface area contributed by atoms with Crippen LogP contribution in [0.15, 0.2) is 36.4 Å². The molecule has 0 unspecified atom stereocenters. The summed E-state index contributed by atoms with van der Waals surface area (Å²) in [5.74, 6) is -0.382. The third-order valence-corrected chi connectivity index (χ3v) is 3.70. The van der Waals surface area contributed by atoms with Crippen LogP contribution in [-0.4, -0.2) is 24.2 Å². The molecule has 2 aromatic rings. The van der Waals surface area contributed by atoms with Gasteiger partial charge in [0.15, 0.2) is 0 Å². The van der Waals surface area contributed by atoms with Crippen molar-refractivity contribution in [3.8, 4) is 5.75 Å². The lowest BCUT2D eigenvalue weighted by Gasteiger charge is -2.13. The summed E-state index contributed by atoms with van der Waals surface area (Å²) in [4.78, 5) is 0. The van der Waals surface area contributed by atoms with Crippen LogP contribution in [0.3, 0.4) is 0 Å². The van der Waals surface area contributed by atoms with E-state index in [1.165, 1.54) is 12.1 Å². The van der Waals surface area contributed by atoms with Crippen molar-refractivity contribution in [1.29, 1.82) is 0 Å². The summed E-state index contributed by atoms with van der Waals surface area (Å²) in [6, 6.07) is 9.40. The van der Waals surface area contributed by atoms with Gasteiger partial charge in [-0.25, -0.2) is 0 Å². The average Bonchev–Trinajstić information content (AvgIpc) is 2.31. The minimum Gasteiger partial charge on any atom is -0.376 e. The van der Waals surface area contributed by atoms with Gasteiger partial charge >= 0.3 is 15.6 Å². The predicted molar refractivity (Wildman–Crippen MR) is 64.9 cm³/mol. The zero-order chi connectivity index (χ0) is 14.3. The molecule has 19 heavy (non-hydrogen) atoms. The third kappa shape index (κ3) is 2.59. The van der Waals surface area contributed by atoms with Crippen molar-refractivity contribution in [3.63, 3.8) is 0 Å². The Hall–Kier alpha value is -1.54. The number of rotatable bonds is 2. The van der Waals surface area contributed by atoms with E-state index in [4.69, 9.17) is 0 Å². The lowest BCUT2D eigenvalue weighted by molar-refractivity contribution is -0.0499. The number of hydrogen-bond donors (Lipinski definition) is 0. The van der Waals surface area contributed by atoms with E-state index in [1.54, 1.807) is 24.3 Å². The molecule has 3 radical (unpaired) electrons. The molecule has 0 atom stereocenters. The molecule has 0 aliphatic rings. The second-order valence-electron chi connectivity index (χ2n) is 3.65. The maximum atomic E-state index is 12.3. The van der Waals surface area contributed by atoms with Crippen LogP contribution in [0.2, 0.25) is 0 Å². The highest BCUT2D eigenvalue weighted by atomic mass is 32.2. The second-order valence-corrected chi connectivity index (χ2v) is 5.72. The van der Waals surface area contributed by atoms with Gasteiger partial charge in [0.25, 0.3) is 0 Å². The van der Waals surface area contributed by atoms with Crippen molar-refractivity contribution < 1.29 is 25.8 Å². The molecule has 0 amide bonds. The molecule has 0 aliphatic heterocycles. The first kappa shape index (κ1) is 13.9. The average molecular weight is 303 g/mol. The molecule has 0 aliphatic carbocycles. The summed E-state index contributed by atoms with van der Waals surface area (Å²) in [5.41, 5.74) is -5.47. The van der Waals surface area contributed by atoms with Crippen LogP contribution in [0.5, 0.6) is 5.75 Å². The number of fused-ring (bicyclic) bond motifs is 1. The van der Waals surface area contributed by atoms with Crippen LogP contribution in [-0.2, 0) is 10.1 Å². The minimum absolute atomic E-state index is 0.117. The Morgan fingerprint density at radius 1 is 1.05 bits per heavy atom. The summed E-state index contributed by atoms with van der Waals surface area (Å²) in [7, 11) is -2.66. The van der Waals surface area contributed by atoms with Gasteiger partial charge in [-0.05, 0) is 10.6 Å². The zero-order valence-corrected chi connectivity index (χ0v) is 11.0. The smallest absolute Gasteiger partial charge is 0.376 e. The summed E-state index contributed by atoms with van der Waals surface area (Å²) >= 11 is 0. The van der Waals surface area contributed by atoms with Crippen LogP contribution >= 0.6 is 0 Å². The highest BCUT2D eigenvalue weighted by Gasteiger charge is 2.48. The molecule has 0 saturated carbocycles. The number of alkyl halides is 3. The Labute approximate surface area is 110 Å². The van der Waals surface area contributed by atoms with Gasteiger partial charge < -0.3 is 4.18 Å². The Balaban J connectivity index is 2.61. The largest absolute Gasteiger partial charge is 0.534 e. The topological polar surface area (TPSA) is 43.4 Å². The molecule has 0 aromatic heterocycles. The number of halogens is 3. The maximum Gasteiger partial charge on any atom is 0.534 e. The Morgan fingerprint density at radius 2 is 1.68 bits per heavy atom. The van der Waals surface area contributed by atoms with Crippen molar-refractivity contribution >= 4 is 36.3 Å². The van der Waals surface area contributed by atoms with Crippen molar-refractivity contribution in [2.75, 3.05) is 0 Å². The number of hydrogen-bond acceptors (Lipinski definition) is 3. The quantitative estimate of drug-likeness (QED) is 0.483. The molecule has 2 aromatic carbocycles. The van der Waals surface area contributed by atoms with E-state index in [9.17, 15) is 21.6 Å². The van der Waals surface area contributed by atoms with Crippen LogP contribution in [0.4, 0.5) is 13.2 Å². The zero-order valence-electron chi connectivity index (χ0n) is 9.23. The monoisotopic (exact) mass is 303 g/mol. The summed E-state index contributed by atoms with van der Waals surface area (Å²) in [5, 5.41) is 0.950.